The minimum absolute atomic E-state index is 0.0721. The van der Waals surface area contributed by atoms with Gasteiger partial charge in [-0.15, -0.1) is 0 Å². The van der Waals surface area contributed by atoms with Gasteiger partial charge in [0.2, 0.25) is 0 Å². The van der Waals surface area contributed by atoms with Crippen molar-refractivity contribution in [2.75, 3.05) is 6.61 Å². The van der Waals surface area contributed by atoms with Crippen molar-refractivity contribution in [3.8, 4) is 5.75 Å². The normalized spacial score (nSPS) is 12.2. The molecule has 0 spiro atoms. The minimum Gasteiger partial charge on any atom is -0.426 e. The number of ether oxygens (including phenoxy) is 1. The Morgan fingerprint density at radius 3 is 2.50 bits per heavy atom. The quantitative estimate of drug-likeness (QED) is 0.613. The molecular formula is C13H18O3. The van der Waals surface area contributed by atoms with Gasteiger partial charge in [0.15, 0.2) is 0 Å². The summed E-state index contributed by atoms with van der Waals surface area (Å²) in [5, 5.41) is 8.75. The molecule has 1 rings (SSSR count). The van der Waals surface area contributed by atoms with Crippen LogP contribution in [0.15, 0.2) is 24.3 Å². The minimum atomic E-state index is -0.197. The monoisotopic (exact) mass is 222 g/mol. The summed E-state index contributed by atoms with van der Waals surface area (Å²) in [5.41, 5.74) is 1.03. The van der Waals surface area contributed by atoms with Crippen LogP contribution in [-0.2, 0) is 11.2 Å². The fourth-order valence-electron chi connectivity index (χ4n) is 1.24. The van der Waals surface area contributed by atoms with Crippen LogP contribution in [0.3, 0.4) is 0 Å². The number of hydrogen-bond donors (Lipinski definition) is 1. The Bertz CT molecular complexity index is 330. The van der Waals surface area contributed by atoms with Crippen LogP contribution >= 0.6 is 0 Å². The smallest absolute Gasteiger partial charge is 0.314 e. The first-order valence-electron chi connectivity index (χ1n) is 5.58. The lowest BCUT2D eigenvalue weighted by molar-refractivity contribution is -0.138. The van der Waals surface area contributed by atoms with Crippen molar-refractivity contribution < 1.29 is 14.6 Å². The number of hydrogen-bond acceptors (Lipinski definition) is 3. The molecule has 1 aromatic carbocycles. The molecule has 0 saturated heterocycles. The van der Waals surface area contributed by atoms with Gasteiger partial charge in [0.25, 0.3) is 0 Å². The van der Waals surface area contributed by atoms with E-state index in [1.54, 1.807) is 12.1 Å². The van der Waals surface area contributed by atoms with Gasteiger partial charge >= 0.3 is 5.97 Å². The number of aliphatic hydroxyl groups is 1. The highest BCUT2D eigenvalue weighted by Gasteiger charge is 2.12. The predicted molar refractivity (Wildman–Crippen MR) is 62.3 cm³/mol. The van der Waals surface area contributed by atoms with E-state index in [1.165, 1.54) is 0 Å². The van der Waals surface area contributed by atoms with Gasteiger partial charge in [-0.2, -0.15) is 0 Å². The predicted octanol–water partition coefficient (Wildman–Crippen LogP) is 2.17. The molecule has 0 aliphatic rings. The Labute approximate surface area is 96.1 Å². The first kappa shape index (κ1) is 12.7. The molecule has 0 bridgehead atoms. The Kier molecular flexibility index (Phi) is 4.99. The summed E-state index contributed by atoms with van der Waals surface area (Å²) < 4.78 is 5.20. The fourth-order valence-corrected chi connectivity index (χ4v) is 1.24. The first-order chi connectivity index (χ1) is 7.67. The van der Waals surface area contributed by atoms with Crippen LogP contribution in [-0.4, -0.2) is 17.7 Å². The highest BCUT2D eigenvalue weighted by molar-refractivity contribution is 5.74. The summed E-state index contributed by atoms with van der Waals surface area (Å²) in [6.07, 6.45) is 1.40. The maximum atomic E-state index is 11.5. The van der Waals surface area contributed by atoms with Gasteiger partial charge in [-0.05, 0) is 30.5 Å². The zero-order chi connectivity index (χ0) is 12.0. The molecule has 3 nitrogen and oxygen atoms in total. The number of rotatable bonds is 5. The molecule has 16 heavy (non-hydrogen) atoms. The molecule has 1 aromatic rings. The van der Waals surface area contributed by atoms with Gasteiger partial charge in [-0.3, -0.25) is 4.79 Å². The number of aliphatic hydroxyl groups excluding tert-OH is 1. The third-order valence-electron chi connectivity index (χ3n) is 2.56. The van der Waals surface area contributed by atoms with Gasteiger partial charge in [-0.25, -0.2) is 0 Å². The van der Waals surface area contributed by atoms with Crippen LogP contribution in [0.4, 0.5) is 0 Å². The van der Waals surface area contributed by atoms with Crippen LogP contribution in [0.25, 0.3) is 0 Å². The van der Waals surface area contributed by atoms with E-state index in [9.17, 15) is 4.79 Å². The molecule has 1 N–H and O–H groups in total. The number of carbonyl (C=O) groups excluding carboxylic acids is 1. The van der Waals surface area contributed by atoms with Crippen LogP contribution in [0.2, 0.25) is 0 Å². The van der Waals surface area contributed by atoms with Crippen molar-refractivity contribution in [3.63, 3.8) is 0 Å². The molecule has 1 unspecified atom stereocenters. The number of esters is 1. The summed E-state index contributed by atoms with van der Waals surface area (Å²) in [5.74, 6) is 0.293. The lowest BCUT2D eigenvalue weighted by Crippen LogP contribution is -2.16. The van der Waals surface area contributed by atoms with Crippen molar-refractivity contribution in [1.29, 1.82) is 0 Å². The Morgan fingerprint density at radius 1 is 1.38 bits per heavy atom. The Morgan fingerprint density at radius 2 is 2.00 bits per heavy atom. The molecule has 0 fully saturated rings. The molecule has 0 saturated carbocycles. The van der Waals surface area contributed by atoms with Gasteiger partial charge in [0, 0.05) is 6.61 Å². The molecule has 0 aliphatic heterocycles. The average Bonchev–Trinajstić information content (AvgIpc) is 2.31. The average molecular weight is 222 g/mol. The SMILES string of the molecule is CCC(C)C(=O)Oc1ccc(CCO)cc1. The maximum absolute atomic E-state index is 11.5. The number of carbonyl (C=O) groups is 1. The highest BCUT2D eigenvalue weighted by atomic mass is 16.5. The van der Waals surface area contributed by atoms with E-state index < -0.39 is 0 Å². The van der Waals surface area contributed by atoms with Gasteiger partial charge < -0.3 is 9.84 Å². The van der Waals surface area contributed by atoms with Gasteiger partial charge in [-0.1, -0.05) is 26.0 Å². The molecule has 1 atom stereocenters. The fraction of sp³-hybridized carbons (Fsp3) is 0.462. The van der Waals surface area contributed by atoms with Crippen LogP contribution in [0, 0.1) is 5.92 Å². The van der Waals surface area contributed by atoms with Crippen molar-refractivity contribution in [3.05, 3.63) is 29.8 Å². The Hall–Kier alpha value is -1.35. The molecule has 0 aliphatic carbocycles. The molecule has 0 aromatic heterocycles. The van der Waals surface area contributed by atoms with Crippen LogP contribution < -0.4 is 4.74 Å². The zero-order valence-electron chi connectivity index (χ0n) is 9.77. The zero-order valence-corrected chi connectivity index (χ0v) is 9.77. The topological polar surface area (TPSA) is 46.5 Å². The third-order valence-corrected chi connectivity index (χ3v) is 2.56. The summed E-state index contributed by atoms with van der Waals surface area (Å²) in [7, 11) is 0. The second-order valence-electron chi connectivity index (χ2n) is 3.85. The van der Waals surface area contributed by atoms with E-state index in [-0.39, 0.29) is 18.5 Å². The van der Waals surface area contributed by atoms with Crippen LogP contribution in [0.5, 0.6) is 5.75 Å². The van der Waals surface area contributed by atoms with Crippen molar-refractivity contribution in [2.24, 2.45) is 5.92 Å². The van der Waals surface area contributed by atoms with Crippen molar-refractivity contribution in [1.82, 2.24) is 0 Å². The molecule has 3 heteroatoms. The van der Waals surface area contributed by atoms with E-state index >= 15 is 0 Å². The van der Waals surface area contributed by atoms with Crippen molar-refractivity contribution in [2.45, 2.75) is 26.7 Å². The van der Waals surface area contributed by atoms with Crippen molar-refractivity contribution >= 4 is 5.97 Å². The van der Waals surface area contributed by atoms with Gasteiger partial charge in [0.05, 0.1) is 5.92 Å². The van der Waals surface area contributed by atoms with Gasteiger partial charge in [0.1, 0.15) is 5.75 Å². The third kappa shape index (κ3) is 3.66. The molecular weight excluding hydrogens is 204 g/mol. The molecule has 0 heterocycles. The summed E-state index contributed by atoms with van der Waals surface area (Å²) >= 11 is 0. The standard InChI is InChI=1S/C13H18O3/c1-3-10(2)13(15)16-12-6-4-11(5-7-12)8-9-14/h4-7,10,14H,3,8-9H2,1-2H3. The Balaban J connectivity index is 2.58. The molecule has 0 amide bonds. The maximum Gasteiger partial charge on any atom is 0.314 e. The first-order valence-corrected chi connectivity index (χ1v) is 5.58. The largest absolute Gasteiger partial charge is 0.426 e. The summed E-state index contributed by atoms with van der Waals surface area (Å²) in [4.78, 5) is 11.5. The molecule has 88 valence electrons. The van der Waals surface area contributed by atoms with E-state index in [4.69, 9.17) is 9.84 Å². The summed E-state index contributed by atoms with van der Waals surface area (Å²) in [6.45, 7) is 3.94. The molecule has 0 radical (unpaired) electrons. The second kappa shape index (κ2) is 6.28. The van der Waals surface area contributed by atoms with E-state index in [2.05, 4.69) is 0 Å². The lowest BCUT2D eigenvalue weighted by Gasteiger charge is -2.09. The lowest BCUT2D eigenvalue weighted by atomic mass is 10.1. The second-order valence-corrected chi connectivity index (χ2v) is 3.85. The highest BCUT2D eigenvalue weighted by Crippen LogP contribution is 2.15. The van der Waals surface area contributed by atoms with Crippen LogP contribution in [0.1, 0.15) is 25.8 Å². The van der Waals surface area contributed by atoms with E-state index in [1.807, 2.05) is 26.0 Å². The number of benzene rings is 1. The summed E-state index contributed by atoms with van der Waals surface area (Å²) in [6, 6.07) is 7.22. The van der Waals surface area contributed by atoms with E-state index in [0.29, 0.717) is 12.2 Å². The van der Waals surface area contributed by atoms with E-state index in [0.717, 1.165) is 12.0 Å².